The molecule has 2 aromatic rings. The van der Waals surface area contributed by atoms with E-state index in [2.05, 4.69) is 26.3 Å². The summed E-state index contributed by atoms with van der Waals surface area (Å²) in [7, 11) is 0. The van der Waals surface area contributed by atoms with Gasteiger partial charge in [-0.1, -0.05) is 0 Å². The monoisotopic (exact) mass is 382 g/mol. The SMILES string of the molecule is CCN(CC)C(=O)CN1CCC(c2cc(Nc3ncccn3)cc(C)n2)CC1. The standard InChI is InChI=1S/C21H30N6O/c1-4-27(5-2)20(28)15-26-11-7-17(8-12-26)19-14-18(13-16(3)24-19)25-21-22-9-6-10-23-21/h6,9-10,13-14,17H,4-5,7-8,11-12,15H2,1-3H3,(H,22,23,24,25). The maximum Gasteiger partial charge on any atom is 0.236 e. The third kappa shape index (κ3) is 5.25. The number of aryl methyl sites for hydroxylation is 1. The molecule has 0 bridgehead atoms. The van der Waals surface area contributed by atoms with E-state index in [1.165, 1.54) is 0 Å². The molecule has 1 aliphatic rings. The smallest absolute Gasteiger partial charge is 0.236 e. The van der Waals surface area contributed by atoms with Crippen molar-refractivity contribution in [2.45, 2.75) is 39.5 Å². The van der Waals surface area contributed by atoms with Crippen LogP contribution in [0.25, 0.3) is 0 Å². The number of amides is 1. The van der Waals surface area contributed by atoms with Crippen molar-refractivity contribution in [2.24, 2.45) is 0 Å². The Morgan fingerprint density at radius 1 is 1.18 bits per heavy atom. The molecule has 1 saturated heterocycles. The van der Waals surface area contributed by atoms with Crippen molar-refractivity contribution in [1.29, 1.82) is 0 Å². The van der Waals surface area contributed by atoms with E-state index in [9.17, 15) is 4.79 Å². The highest BCUT2D eigenvalue weighted by atomic mass is 16.2. The van der Waals surface area contributed by atoms with E-state index in [1.54, 1.807) is 18.5 Å². The predicted molar refractivity (Wildman–Crippen MR) is 111 cm³/mol. The van der Waals surface area contributed by atoms with Crippen LogP contribution in [0.3, 0.4) is 0 Å². The van der Waals surface area contributed by atoms with E-state index in [0.717, 1.165) is 56.1 Å². The van der Waals surface area contributed by atoms with E-state index < -0.39 is 0 Å². The number of nitrogens with one attached hydrogen (secondary N) is 1. The number of carbonyl (C=O) groups excluding carboxylic acids is 1. The maximum atomic E-state index is 12.3. The van der Waals surface area contributed by atoms with Crippen molar-refractivity contribution in [3.05, 3.63) is 42.0 Å². The van der Waals surface area contributed by atoms with Gasteiger partial charge in [0.2, 0.25) is 11.9 Å². The van der Waals surface area contributed by atoms with Crippen LogP contribution in [-0.2, 0) is 4.79 Å². The van der Waals surface area contributed by atoms with Crippen molar-refractivity contribution in [2.75, 3.05) is 38.0 Å². The summed E-state index contributed by atoms with van der Waals surface area (Å²) in [5.74, 6) is 1.23. The molecule has 0 saturated carbocycles. The molecule has 7 heteroatoms. The molecule has 1 amide bonds. The largest absolute Gasteiger partial charge is 0.342 e. The number of hydrogen-bond acceptors (Lipinski definition) is 6. The lowest BCUT2D eigenvalue weighted by atomic mass is 9.92. The Morgan fingerprint density at radius 3 is 2.50 bits per heavy atom. The quantitative estimate of drug-likeness (QED) is 0.794. The van der Waals surface area contributed by atoms with Crippen LogP contribution in [-0.4, -0.2) is 63.4 Å². The number of hydrogen-bond donors (Lipinski definition) is 1. The first kappa shape index (κ1) is 20.2. The summed E-state index contributed by atoms with van der Waals surface area (Å²) in [6.45, 7) is 10.0. The molecule has 150 valence electrons. The Bertz CT molecular complexity index is 770. The number of carbonyl (C=O) groups is 1. The number of aromatic nitrogens is 3. The number of piperidine rings is 1. The molecule has 0 aliphatic carbocycles. The molecule has 0 aromatic carbocycles. The van der Waals surface area contributed by atoms with Crippen molar-refractivity contribution >= 4 is 17.5 Å². The lowest BCUT2D eigenvalue weighted by Crippen LogP contribution is -2.43. The van der Waals surface area contributed by atoms with Crippen LogP contribution in [0.2, 0.25) is 0 Å². The van der Waals surface area contributed by atoms with Crippen LogP contribution in [0.1, 0.15) is 44.0 Å². The van der Waals surface area contributed by atoms with Gasteiger partial charge in [-0.15, -0.1) is 0 Å². The second kappa shape index (κ2) is 9.59. The fraction of sp³-hybridized carbons (Fsp3) is 0.524. The number of rotatable bonds is 7. The highest BCUT2D eigenvalue weighted by molar-refractivity contribution is 5.78. The zero-order valence-corrected chi connectivity index (χ0v) is 17.1. The van der Waals surface area contributed by atoms with Gasteiger partial charge < -0.3 is 10.2 Å². The summed E-state index contributed by atoms with van der Waals surface area (Å²) < 4.78 is 0. The molecule has 1 fully saturated rings. The number of likely N-dealkylation sites (N-methyl/N-ethyl adjacent to an activating group) is 1. The molecule has 7 nitrogen and oxygen atoms in total. The number of pyridine rings is 1. The van der Waals surface area contributed by atoms with Crippen LogP contribution >= 0.6 is 0 Å². The van der Waals surface area contributed by atoms with E-state index in [1.807, 2.05) is 31.7 Å². The molecule has 1 aliphatic heterocycles. The Kier molecular flexibility index (Phi) is 6.92. The summed E-state index contributed by atoms with van der Waals surface area (Å²) in [6.07, 6.45) is 5.48. The Balaban J connectivity index is 1.60. The van der Waals surface area contributed by atoms with Crippen LogP contribution in [0.15, 0.2) is 30.6 Å². The molecule has 28 heavy (non-hydrogen) atoms. The predicted octanol–water partition coefficient (Wildman–Crippen LogP) is 2.97. The first-order chi connectivity index (χ1) is 13.6. The number of nitrogens with zero attached hydrogens (tertiary/aromatic N) is 5. The highest BCUT2D eigenvalue weighted by Gasteiger charge is 2.24. The van der Waals surface area contributed by atoms with Crippen LogP contribution in [0.5, 0.6) is 0 Å². The second-order valence-corrected chi connectivity index (χ2v) is 7.24. The molecule has 0 spiro atoms. The van der Waals surface area contributed by atoms with Gasteiger partial charge >= 0.3 is 0 Å². The average molecular weight is 383 g/mol. The van der Waals surface area contributed by atoms with Gasteiger partial charge in [0.1, 0.15) is 0 Å². The van der Waals surface area contributed by atoms with Crippen molar-refractivity contribution < 1.29 is 4.79 Å². The van der Waals surface area contributed by atoms with Gasteiger partial charge in [0.05, 0.1) is 6.54 Å². The average Bonchev–Trinajstić information content (AvgIpc) is 2.70. The molecule has 1 N–H and O–H groups in total. The minimum atomic E-state index is 0.228. The third-order valence-electron chi connectivity index (χ3n) is 5.28. The van der Waals surface area contributed by atoms with Gasteiger partial charge in [0.15, 0.2) is 0 Å². The fourth-order valence-electron chi connectivity index (χ4n) is 3.72. The summed E-state index contributed by atoms with van der Waals surface area (Å²) in [4.78, 5) is 29.7. The molecule has 3 heterocycles. The molecule has 3 rings (SSSR count). The topological polar surface area (TPSA) is 74.2 Å². The summed E-state index contributed by atoms with van der Waals surface area (Å²) in [5.41, 5.74) is 3.05. The molecular formula is C21H30N6O. The van der Waals surface area contributed by atoms with E-state index >= 15 is 0 Å². The van der Waals surface area contributed by atoms with E-state index in [0.29, 0.717) is 18.4 Å². The minimum absolute atomic E-state index is 0.228. The van der Waals surface area contributed by atoms with Crippen molar-refractivity contribution in [3.63, 3.8) is 0 Å². The van der Waals surface area contributed by atoms with Gasteiger partial charge in [-0.3, -0.25) is 14.7 Å². The molecular weight excluding hydrogens is 352 g/mol. The summed E-state index contributed by atoms with van der Waals surface area (Å²) in [5, 5.41) is 3.26. The van der Waals surface area contributed by atoms with Gasteiger partial charge in [0.25, 0.3) is 0 Å². The molecule has 0 unspecified atom stereocenters. The second-order valence-electron chi connectivity index (χ2n) is 7.24. The fourth-order valence-corrected chi connectivity index (χ4v) is 3.72. The lowest BCUT2D eigenvalue weighted by Gasteiger charge is -2.32. The third-order valence-corrected chi connectivity index (χ3v) is 5.28. The zero-order chi connectivity index (χ0) is 19.9. The minimum Gasteiger partial charge on any atom is -0.342 e. The van der Waals surface area contributed by atoms with Crippen molar-refractivity contribution in [3.8, 4) is 0 Å². The van der Waals surface area contributed by atoms with E-state index in [4.69, 9.17) is 4.98 Å². The van der Waals surface area contributed by atoms with Gasteiger partial charge in [-0.05, 0) is 64.9 Å². The zero-order valence-electron chi connectivity index (χ0n) is 17.1. The van der Waals surface area contributed by atoms with Crippen LogP contribution in [0.4, 0.5) is 11.6 Å². The Morgan fingerprint density at radius 2 is 1.86 bits per heavy atom. The van der Waals surface area contributed by atoms with Gasteiger partial charge in [0, 0.05) is 48.5 Å². The molecule has 0 atom stereocenters. The first-order valence-electron chi connectivity index (χ1n) is 10.1. The van der Waals surface area contributed by atoms with Gasteiger partial charge in [-0.2, -0.15) is 0 Å². The number of anilines is 2. The van der Waals surface area contributed by atoms with Crippen molar-refractivity contribution in [1.82, 2.24) is 24.8 Å². The molecule has 0 radical (unpaired) electrons. The van der Waals surface area contributed by atoms with E-state index in [-0.39, 0.29) is 5.91 Å². The Hall–Kier alpha value is -2.54. The molecule has 2 aromatic heterocycles. The normalized spacial score (nSPS) is 15.4. The first-order valence-corrected chi connectivity index (χ1v) is 10.1. The maximum absolute atomic E-state index is 12.3. The summed E-state index contributed by atoms with van der Waals surface area (Å²) >= 11 is 0. The lowest BCUT2D eigenvalue weighted by molar-refractivity contribution is -0.132. The summed E-state index contributed by atoms with van der Waals surface area (Å²) in [6, 6.07) is 5.91. The van der Waals surface area contributed by atoms with Crippen LogP contribution < -0.4 is 5.32 Å². The Labute approximate surface area is 167 Å². The van der Waals surface area contributed by atoms with Crippen LogP contribution in [0, 0.1) is 6.92 Å². The number of likely N-dealkylation sites (tertiary alicyclic amines) is 1. The highest BCUT2D eigenvalue weighted by Crippen LogP contribution is 2.29. The van der Waals surface area contributed by atoms with Gasteiger partial charge in [-0.25, -0.2) is 9.97 Å².